The van der Waals surface area contributed by atoms with Crippen molar-refractivity contribution in [2.24, 2.45) is 0 Å². The predicted molar refractivity (Wildman–Crippen MR) is 159 cm³/mol. The molecule has 6 rings (SSSR count). The summed E-state index contributed by atoms with van der Waals surface area (Å²) < 4.78 is 0. The molecule has 6 aromatic rings. The Hall–Kier alpha value is -4.24. The molecule has 0 saturated heterocycles. The van der Waals surface area contributed by atoms with Crippen molar-refractivity contribution >= 4 is 0 Å². The smallest absolute Gasteiger partial charge is 0.300 e. The number of hydrogen-bond acceptors (Lipinski definition) is 3. The van der Waals surface area contributed by atoms with Crippen molar-refractivity contribution in [2.75, 3.05) is 0 Å². The van der Waals surface area contributed by atoms with Gasteiger partial charge in [0.2, 0.25) is 0 Å². The van der Waals surface area contributed by atoms with Crippen molar-refractivity contribution in [1.29, 1.82) is 0 Å². The van der Waals surface area contributed by atoms with E-state index >= 15 is 0 Å². The topological polar surface area (TPSA) is 38.7 Å². The molecule has 0 bridgehead atoms. The van der Waals surface area contributed by atoms with E-state index in [0.717, 1.165) is 45.0 Å². The van der Waals surface area contributed by atoms with Crippen LogP contribution in [0.4, 0.5) is 0 Å². The SMILES string of the molecule is CC(c1[c-]cccc1)(c1[c-]c(-c2cccc([C@](C)(c3[c-]cccc3)c3ccccn3)n2)ccc1)c1ccccn1.[Ir+3]. The Morgan fingerprint density at radius 1 is 0.512 bits per heavy atom. The number of benzene rings is 3. The average molecular weight is 707 g/mol. The molecule has 3 heterocycles. The first-order valence-electron chi connectivity index (χ1n) is 13.4. The van der Waals surface area contributed by atoms with Gasteiger partial charge >= 0.3 is 20.1 Å². The molecule has 4 heteroatoms. The molecule has 0 N–H and O–H groups in total. The van der Waals surface area contributed by atoms with E-state index in [-0.39, 0.29) is 20.1 Å². The van der Waals surface area contributed by atoms with Crippen LogP contribution in [-0.2, 0) is 30.9 Å². The maximum absolute atomic E-state index is 5.22. The summed E-state index contributed by atoms with van der Waals surface area (Å²) in [5.74, 6) is 0. The molecule has 3 aromatic heterocycles. The van der Waals surface area contributed by atoms with Gasteiger partial charge < -0.3 is 4.98 Å². The third-order valence-electron chi connectivity index (χ3n) is 7.72. The molecule has 0 aliphatic heterocycles. The standard InChI is InChI=1S/C37H28N3.Ir/c1-36(29-16-5-3-6-17-29,33-22-9-11-25-38-33)31-20-13-15-28(27-31)32-21-14-24-35(40-32)37(2,30-18-7-4-8-19-30)34-23-10-12-26-39-34;/h3-16,18,20-26H,1-2H3;/q-3;+3/t36?,37-;/m1./s1. The average Bonchev–Trinajstić information content (AvgIpc) is 3.06. The molecule has 200 valence electrons. The van der Waals surface area contributed by atoms with Crippen molar-refractivity contribution in [3.63, 3.8) is 0 Å². The molecule has 0 spiro atoms. The van der Waals surface area contributed by atoms with Gasteiger partial charge in [0, 0.05) is 23.5 Å². The van der Waals surface area contributed by atoms with Gasteiger partial charge in [0.15, 0.2) is 0 Å². The zero-order valence-electron chi connectivity index (χ0n) is 22.9. The van der Waals surface area contributed by atoms with Crippen LogP contribution in [0.2, 0.25) is 0 Å². The first-order valence-corrected chi connectivity index (χ1v) is 13.4. The van der Waals surface area contributed by atoms with Gasteiger partial charge in [-0.1, -0.05) is 24.3 Å². The van der Waals surface area contributed by atoms with Crippen LogP contribution in [0, 0.1) is 18.2 Å². The number of pyridine rings is 3. The summed E-state index contributed by atoms with van der Waals surface area (Å²) in [6.45, 7) is 4.35. The third kappa shape index (κ3) is 5.29. The Balaban J connectivity index is 0.00000337. The largest absolute Gasteiger partial charge is 3.00 e. The normalized spacial score (nSPS) is 13.8. The number of rotatable bonds is 7. The Kier molecular flexibility index (Phi) is 8.35. The van der Waals surface area contributed by atoms with E-state index in [9.17, 15) is 0 Å². The van der Waals surface area contributed by atoms with Gasteiger partial charge in [0.1, 0.15) is 0 Å². The minimum Gasteiger partial charge on any atom is -0.300 e. The number of nitrogens with zero attached hydrogens (tertiary/aromatic N) is 3. The van der Waals surface area contributed by atoms with Crippen LogP contribution in [-0.4, -0.2) is 15.0 Å². The fourth-order valence-electron chi connectivity index (χ4n) is 5.33. The summed E-state index contributed by atoms with van der Waals surface area (Å²) >= 11 is 0. The second kappa shape index (κ2) is 12.1. The number of hydrogen-bond donors (Lipinski definition) is 0. The van der Waals surface area contributed by atoms with E-state index in [0.29, 0.717) is 0 Å². The van der Waals surface area contributed by atoms with Crippen molar-refractivity contribution in [3.8, 4) is 11.3 Å². The zero-order chi connectivity index (χ0) is 27.4. The van der Waals surface area contributed by atoms with Crippen molar-refractivity contribution in [3.05, 3.63) is 186 Å². The van der Waals surface area contributed by atoms with Crippen molar-refractivity contribution < 1.29 is 20.1 Å². The van der Waals surface area contributed by atoms with Gasteiger partial charge in [-0.25, -0.2) is 0 Å². The maximum atomic E-state index is 5.22. The summed E-state index contributed by atoms with van der Waals surface area (Å²) in [5, 5.41) is 0. The van der Waals surface area contributed by atoms with Crippen LogP contribution >= 0.6 is 0 Å². The molecule has 0 amide bonds. The van der Waals surface area contributed by atoms with Crippen LogP contribution < -0.4 is 0 Å². The Bertz CT molecular complexity index is 1500. The van der Waals surface area contributed by atoms with Crippen LogP contribution in [0.3, 0.4) is 0 Å². The molecule has 3 aromatic carbocycles. The first kappa shape index (κ1) is 28.3. The van der Waals surface area contributed by atoms with E-state index in [1.807, 2.05) is 79.1 Å². The van der Waals surface area contributed by atoms with E-state index in [1.165, 1.54) is 0 Å². The fraction of sp³-hybridized carbons (Fsp3) is 0.108. The Labute approximate surface area is 255 Å². The summed E-state index contributed by atoms with van der Waals surface area (Å²) in [4.78, 5) is 14.7. The van der Waals surface area contributed by atoms with E-state index in [1.54, 1.807) is 0 Å². The summed E-state index contributed by atoms with van der Waals surface area (Å²) in [6.07, 6.45) is 3.67. The van der Waals surface area contributed by atoms with Crippen LogP contribution in [0.5, 0.6) is 0 Å². The molecule has 0 aliphatic carbocycles. The van der Waals surface area contributed by atoms with Crippen LogP contribution in [0.15, 0.2) is 134 Å². The summed E-state index contributed by atoms with van der Waals surface area (Å²) in [5.41, 5.74) is 6.43. The van der Waals surface area contributed by atoms with Gasteiger partial charge in [0.25, 0.3) is 0 Å². The van der Waals surface area contributed by atoms with E-state index in [2.05, 4.69) is 86.6 Å². The van der Waals surface area contributed by atoms with Gasteiger partial charge in [-0.2, -0.15) is 60.7 Å². The quantitative estimate of drug-likeness (QED) is 0.160. The predicted octanol–water partition coefficient (Wildman–Crippen LogP) is 7.65. The maximum Gasteiger partial charge on any atom is 3.00 e. The first-order chi connectivity index (χ1) is 19.6. The molecule has 1 unspecified atom stereocenters. The minimum atomic E-state index is -0.586. The third-order valence-corrected chi connectivity index (χ3v) is 7.72. The van der Waals surface area contributed by atoms with Crippen LogP contribution in [0.1, 0.15) is 47.6 Å². The molecule has 2 atom stereocenters. The van der Waals surface area contributed by atoms with E-state index < -0.39 is 10.8 Å². The van der Waals surface area contributed by atoms with Crippen molar-refractivity contribution in [2.45, 2.75) is 24.7 Å². The Morgan fingerprint density at radius 2 is 1.05 bits per heavy atom. The molecule has 0 aliphatic rings. The zero-order valence-corrected chi connectivity index (χ0v) is 25.3. The van der Waals surface area contributed by atoms with E-state index in [4.69, 9.17) is 15.0 Å². The molecular weight excluding hydrogens is 679 g/mol. The molecule has 0 radical (unpaired) electrons. The second-order valence-electron chi connectivity index (χ2n) is 10.1. The minimum absolute atomic E-state index is 0. The van der Waals surface area contributed by atoms with Gasteiger partial charge in [-0.05, 0) is 49.9 Å². The molecule has 0 fully saturated rings. The van der Waals surface area contributed by atoms with Gasteiger partial charge in [-0.15, -0.1) is 46.5 Å². The molecule has 3 nitrogen and oxygen atoms in total. The monoisotopic (exact) mass is 707 g/mol. The Morgan fingerprint density at radius 3 is 1.63 bits per heavy atom. The summed E-state index contributed by atoms with van der Waals surface area (Å²) in [6, 6.07) is 51.2. The second-order valence-corrected chi connectivity index (χ2v) is 10.1. The van der Waals surface area contributed by atoms with Gasteiger partial charge in [0.05, 0.1) is 16.8 Å². The fourth-order valence-corrected chi connectivity index (χ4v) is 5.33. The summed E-state index contributed by atoms with van der Waals surface area (Å²) in [7, 11) is 0. The van der Waals surface area contributed by atoms with Gasteiger partial charge in [-0.3, -0.25) is 9.97 Å². The van der Waals surface area contributed by atoms with Crippen molar-refractivity contribution in [1.82, 2.24) is 15.0 Å². The number of aromatic nitrogens is 3. The molecule has 0 saturated carbocycles. The van der Waals surface area contributed by atoms with Crippen LogP contribution in [0.25, 0.3) is 11.3 Å². The molecular formula is C37H28IrN3. The molecule has 41 heavy (non-hydrogen) atoms.